The molecule has 0 amide bonds. The molecule has 0 unspecified atom stereocenters. The summed E-state index contributed by atoms with van der Waals surface area (Å²) in [6, 6.07) is 0. The standard InChI is InChI=1S/C12H24N4/c1-6-15(7-2)9-10-8-14-16(11(10)13)12(3,4)5/h8H,6-7,9,13H2,1-5H3. The molecule has 0 saturated heterocycles. The van der Waals surface area contributed by atoms with Crippen LogP contribution >= 0.6 is 0 Å². The zero-order chi connectivity index (χ0) is 12.3. The molecular weight excluding hydrogens is 200 g/mol. The molecule has 0 aliphatic carbocycles. The second-order valence-corrected chi connectivity index (χ2v) is 5.10. The molecule has 0 bridgehead atoms. The Labute approximate surface area is 98.4 Å². The highest BCUT2D eigenvalue weighted by molar-refractivity contribution is 5.39. The third-order valence-corrected chi connectivity index (χ3v) is 2.81. The fraction of sp³-hybridized carbons (Fsp3) is 0.750. The number of nitrogens with two attached hydrogens (primary N) is 1. The van der Waals surface area contributed by atoms with Crippen molar-refractivity contribution in [2.75, 3.05) is 18.8 Å². The highest BCUT2D eigenvalue weighted by Gasteiger charge is 2.19. The van der Waals surface area contributed by atoms with Gasteiger partial charge < -0.3 is 5.73 Å². The maximum absolute atomic E-state index is 6.12. The summed E-state index contributed by atoms with van der Waals surface area (Å²) in [5.41, 5.74) is 7.19. The summed E-state index contributed by atoms with van der Waals surface area (Å²) in [4.78, 5) is 2.33. The van der Waals surface area contributed by atoms with Crippen LogP contribution in [0, 0.1) is 0 Å². The summed E-state index contributed by atoms with van der Waals surface area (Å²) < 4.78 is 1.89. The maximum Gasteiger partial charge on any atom is 0.126 e. The number of nitrogen functional groups attached to an aromatic ring is 1. The quantitative estimate of drug-likeness (QED) is 0.851. The van der Waals surface area contributed by atoms with Crippen molar-refractivity contribution in [3.05, 3.63) is 11.8 Å². The molecule has 1 rings (SSSR count). The number of aromatic nitrogens is 2. The second kappa shape index (κ2) is 4.87. The Morgan fingerprint density at radius 1 is 1.31 bits per heavy atom. The lowest BCUT2D eigenvalue weighted by Crippen LogP contribution is -2.26. The van der Waals surface area contributed by atoms with E-state index in [9.17, 15) is 0 Å². The Morgan fingerprint density at radius 2 is 1.88 bits per heavy atom. The number of rotatable bonds is 4. The minimum Gasteiger partial charge on any atom is -0.384 e. The topological polar surface area (TPSA) is 47.1 Å². The fourth-order valence-electron chi connectivity index (χ4n) is 1.74. The lowest BCUT2D eigenvalue weighted by molar-refractivity contribution is 0.296. The summed E-state index contributed by atoms with van der Waals surface area (Å²) in [5.74, 6) is 0.791. The van der Waals surface area contributed by atoms with E-state index in [1.165, 1.54) is 0 Å². The van der Waals surface area contributed by atoms with Crippen molar-refractivity contribution >= 4 is 5.82 Å². The first kappa shape index (κ1) is 13.0. The number of nitrogens with zero attached hydrogens (tertiary/aromatic N) is 3. The molecule has 0 aromatic carbocycles. The van der Waals surface area contributed by atoms with Gasteiger partial charge in [0, 0.05) is 12.1 Å². The normalized spacial score (nSPS) is 12.4. The molecule has 4 nitrogen and oxygen atoms in total. The van der Waals surface area contributed by atoms with Gasteiger partial charge in [0.05, 0.1) is 11.7 Å². The molecule has 2 N–H and O–H groups in total. The predicted octanol–water partition coefficient (Wildman–Crippen LogP) is 2.06. The van der Waals surface area contributed by atoms with Gasteiger partial charge in [-0.2, -0.15) is 5.10 Å². The average Bonchev–Trinajstić information content (AvgIpc) is 2.56. The lowest BCUT2D eigenvalue weighted by Gasteiger charge is -2.22. The summed E-state index contributed by atoms with van der Waals surface area (Å²) in [6.45, 7) is 13.6. The van der Waals surface area contributed by atoms with E-state index in [4.69, 9.17) is 5.73 Å². The van der Waals surface area contributed by atoms with Crippen LogP contribution in [0.1, 0.15) is 40.2 Å². The first-order valence-electron chi connectivity index (χ1n) is 5.95. The van der Waals surface area contributed by atoms with Gasteiger partial charge >= 0.3 is 0 Å². The number of hydrogen-bond donors (Lipinski definition) is 1. The van der Waals surface area contributed by atoms with Crippen molar-refractivity contribution in [2.45, 2.75) is 46.7 Å². The van der Waals surface area contributed by atoms with Gasteiger partial charge in [-0.15, -0.1) is 0 Å². The molecule has 0 aliphatic heterocycles. The highest BCUT2D eigenvalue weighted by atomic mass is 15.3. The third kappa shape index (κ3) is 2.76. The Kier molecular flexibility index (Phi) is 3.97. The van der Waals surface area contributed by atoms with Crippen LogP contribution in [0.5, 0.6) is 0 Å². The van der Waals surface area contributed by atoms with Crippen molar-refractivity contribution in [1.29, 1.82) is 0 Å². The van der Waals surface area contributed by atoms with E-state index in [0.29, 0.717) is 0 Å². The third-order valence-electron chi connectivity index (χ3n) is 2.81. The minimum absolute atomic E-state index is 0.0500. The summed E-state index contributed by atoms with van der Waals surface area (Å²) >= 11 is 0. The van der Waals surface area contributed by atoms with E-state index < -0.39 is 0 Å². The van der Waals surface area contributed by atoms with Gasteiger partial charge in [0.2, 0.25) is 0 Å². The molecule has 0 aliphatic rings. The van der Waals surface area contributed by atoms with Crippen LogP contribution in [0.2, 0.25) is 0 Å². The van der Waals surface area contributed by atoms with Crippen LogP contribution in [0.25, 0.3) is 0 Å². The van der Waals surface area contributed by atoms with Crippen molar-refractivity contribution < 1.29 is 0 Å². The number of hydrogen-bond acceptors (Lipinski definition) is 3. The first-order valence-corrected chi connectivity index (χ1v) is 5.95. The van der Waals surface area contributed by atoms with Crippen molar-refractivity contribution in [1.82, 2.24) is 14.7 Å². The maximum atomic E-state index is 6.12. The van der Waals surface area contributed by atoms with E-state index in [-0.39, 0.29) is 5.54 Å². The van der Waals surface area contributed by atoms with E-state index in [1.54, 1.807) is 0 Å². The molecular formula is C12H24N4. The average molecular weight is 224 g/mol. The van der Waals surface area contributed by atoms with E-state index in [0.717, 1.165) is 31.0 Å². The van der Waals surface area contributed by atoms with Crippen molar-refractivity contribution in [3.8, 4) is 0 Å². The molecule has 0 fully saturated rings. The smallest absolute Gasteiger partial charge is 0.126 e. The Bertz CT molecular complexity index is 331. The molecule has 4 heteroatoms. The monoisotopic (exact) mass is 224 g/mol. The largest absolute Gasteiger partial charge is 0.384 e. The van der Waals surface area contributed by atoms with Gasteiger partial charge in [-0.1, -0.05) is 13.8 Å². The zero-order valence-electron chi connectivity index (χ0n) is 11.1. The Hall–Kier alpha value is -1.03. The van der Waals surface area contributed by atoms with Gasteiger partial charge in [0.25, 0.3) is 0 Å². The minimum atomic E-state index is -0.0500. The lowest BCUT2D eigenvalue weighted by atomic mass is 10.1. The van der Waals surface area contributed by atoms with E-state index in [1.807, 2.05) is 10.9 Å². The predicted molar refractivity (Wildman–Crippen MR) is 68.3 cm³/mol. The summed E-state index contributed by atoms with van der Waals surface area (Å²) in [7, 11) is 0. The van der Waals surface area contributed by atoms with E-state index in [2.05, 4.69) is 44.6 Å². The Morgan fingerprint density at radius 3 is 2.25 bits per heavy atom. The van der Waals surface area contributed by atoms with Gasteiger partial charge in [-0.05, 0) is 33.9 Å². The fourth-order valence-corrected chi connectivity index (χ4v) is 1.74. The van der Waals surface area contributed by atoms with Crippen LogP contribution in [-0.4, -0.2) is 27.8 Å². The van der Waals surface area contributed by atoms with Crippen molar-refractivity contribution in [2.24, 2.45) is 0 Å². The van der Waals surface area contributed by atoms with Gasteiger partial charge in [0.1, 0.15) is 5.82 Å². The summed E-state index contributed by atoms with van der Waals surface area (Å²) in [5, 5.41) is 4.37. The molecule has 1 heterocycles. The second-order valence-electron chi connectivity index (χ2n) is 5.10. The zero-order valence-corrected chi connectivity index (χ0v) is 11.1. The van der Waals surface area contributed by atoms with Gasteiger partial charge in [-0.3, -0.25) is 4.90 Å². The SMILES string of the molecule is CCN(CC)Cc1cnn(C(C)(C)C)c1N. The van der Waals surface area contributed by atoms with Crippen molar-refractivity contribution in [3.63, 3.8) is 0 Å². The molecule has 0 radical (unpaired) electrons. The van der Waals surface area contributed by atoms with Gasteiger partial charge in [0.15, 0.2) is 0 Å². The van der Waals surface area contributed by atoms with Crippen LogP contribution in [0.4, 0.5) is 5.82 Å². The van der Waals surface area contributed by atoms with Gasteiger partial charge in [-0.25, -0.2) is 4.68 Å². The molecule has 16 heavy (non-hydrogen) atoms. The van der Waals surface area contributed by atoms with E-state index >= 15 is 0 Å². The Balaban J connectivity index is 2.88. The first-order chi connectivity index (χ1) is 7.40. The molecule has 1 aromatic rings. The molecule has 0 spiro atoms. The van der Waals surface area contributed by atoms with Crippen LogP contribution in [0.3, 0.4) is 0 Å². The molecule has 1 aromatic heterocycles. The highest BCUT2D eigenvalue weighted by Crippen LogP contribution is 2.21. The molecule has 0 saturated carbocycles. The summed E-state index contributed by atoms with van der Waals surface area (Å²) in [6.07, 6.45) is 1.89. The molecule has 92 valence electrons. The molecule has 0 atom stereocenters. The van der Waals surface area contributed by atoms with Crippen LogP contribution in [0.15, 0.2) is 6.20 Å². The number of anilines is 1. The van der Waals surface area contributed by atoms with Crippen LogP contribution in [-0.2, 0) is 12.1 Å². The van der Waals surface area contributed by atoms with Crippen LogP contribution < -0.4 is 5.73 Å².